The summed E-state index contributed by atoms with van der Waals surface area (Å²) < 4.78 is 12.0. The van der Waals surface area contributed by atoms with Crippen molar-refractivity contribution in [3.8, 4) is 0 Å². The molecule has 0 aromatic carbocycles. The molecule has 4 rings (SSSR count). The zero-order valence-electron chi connectivity index (χ0n) is 13.9. The molecule has 1 spiro atoms. The molecule has 3 unspecified atom stereocenters. The van der Waals surface area contributed by atoms with Gasteiger partial charge in [-0.2, -0.15) is 0 Å². The van der Waals surface area contributed by atoms with Gasteiger partial charge in [-0.05, 0) is 56.8 Å². The first-order valence-corrected chi connectivity index (χ1v) is 8.60. The molecule has 21 heavy (non-hydrogen) atoms. The molecule has 0 amide bonds. The third-order valence-corrected chi connectivity index (χ3v) is 6.85. The molecule has 0 radical (unpaired) electrons. The fraction of sp³-hybridized carbons (Fsp3) is 1.00. The Bertz CT molecular complexity index is 430. The van der Waals surface area contributed by atoms with E-state index in [1.807, 2.05) is 0 Å². The van der Waals surface area contributed by atoms with Gasteiger partial charge >= 0.3 is 0 Å². The molecular weight excluding hydrogens is 266 g/mol. The number of hydrogen-bond donors (Lipinski definition) is 0. The summed E-state index contributed by atoms with van der Waals surface area (Å²) in [7, 11) is 0. The second-order valence-corrected chi connectivity index (χ2v) is 8.43. The van der Waals surface area contributed by atoms with Crippen LogP contribution >= 0.6 is 0 Å². The normalized spacial score (nSPS) is 47.7. The summed E-state index contributed by atoms with van der Waals surface area (Å²) in [4.78, 5) is 6.40. The van der Waals surface area contributed by atoms with Crippen molar-refractivity contribution in [1.29, 1.82) is 0 Å². The van der Waals surface area contributed by atoms with E-state index in [2.05, 4.69) is 32.8 Å². The summed E-state index contributed by atoms with van der Waals surface area (Å²) in [6.45, 7) is 10.7. The maximum atomic E-state index is 6.40. The van der Waals surface area contributed by atoms with Crippen LogP contribution < -0.4 is 0 Å². The van der Waals surface area contributed by atoms with Crippen LogP contribution in [0.5, 0.6) is 0 Å². The first-order valence-electron chi connectivity index (χ1n) is 8.60. The highest BCUT2D eigenvalue weighted by atomic mass is 16.8. The maximum Gasteiger partial charge on any atom is 0.177 e. The van der Waals surface area contributed by atoms with Crippen molar-refractivity contribution in [2.75, 3.05) is 13.2 Å². The van der Waals surface area contributed by atoms with Gasteiger partial charge < -0.3 is 9.47 Å². The predicted molar refractivity (Wildman–Crippen MR) is 79.3 cm³/mol. The van der Waals surface area contributed by atoms with E-state index in [-0.39, 0.29) is 23.0 Å². The van der Waals surface area contributed by atoms with Crippen LogP contribution in [0.3, 0.4) is 0 Å². The summed E-state index contributed by atoms with van der Waals surface area (Å²) in [5, 5.41) is 2.22. The fourth-order valence-electron chi connectivity index (χ4n) is 5.54. The van der Waals surface area contributed by atoms with Crippen molar-refractivity contribution in [3.63, 3.8) is 0 Å². The smallest absolute Gasteiger partial charge is 0.177 e. The van der Waals surface area contributed by atoms with E-state index < -0.39 is 0 Å². The minimum atomic E-state index is -0.367. The Kier molecular flexibility index (Phi) is 3.05. The fourth-order valence-corrected chi connectivity index (χ4v) is 5.54. The first kappa shape index (κ1) is 14.4. The lowest BCUT2D eigenvalue weighted by Gasteiger charge is -2.52. The third-order valence-electron chi connectivity index (χ3n) is 6.85. The highest BCUT2D eigenvalue weighted by Crippen LogP contribution is 2.66. The zero-order chi connectivity index (χ0) is 14.9. The minimum absolute atomic E-state index is 0.0192. The van der Waals surface area contributed by atoms with Gasteiger partial charge in [0, 0.05) is 6.42 Å². The maximum absolute atomic E-state index is 6.40. The van der Waals surface area contributed by atoms with Crippen LogP contribution in [0.25, 0.3) is 0 Å². The number of hydrogen-bond acceptors (Lipinski definition) is 4. The average Bonchev–Trinajstić information content (AvgIpc) is 3.14. The van der Waals surface area contributed by atoms with Gasteiger partial charge in [0.1, 0.15) is 5.72 Å². The van der Waals surface area contributed by atoms with E-state index in [4.69, 9.17) is 14.3 Å². The Hall–Kier alpha value is -0.160. The van der Waals surface area contributed by atoms with E-state index in [9.17, 15) is 0 Å². The van der Waals surface area contributed by atoms with Crippen molar-refractivity contribution in [2.45, 2.75) is 77.4 Å². The SMILES string of the molecule is CC1(C)OCC2(C3CCC(C3)C2(C)C)N1O[C@@H]1CCCO1. The Morgan fingerprint density at radius 2 is 1.81 bits per heavy atom. The standard InChI is InChI=1S/C17H29NO3/c1-15(2)12-7-8-13(10-12)17(15)11-20-16(3,4)18(17)21-14-6-5-9-19-14/h12-14H,5-11H2,1-4H3/t12?,13?,14-,17?/m1/s1. The zero-order valence-corrected chi connectivity index (χ0v) is 13.9. The number of rotatable bonds is 2. The minimum Gasteiger partial charge on any atom is -0.357 e. The Labute approximate surface area is 128 Å². The molecule has 4 heteroatoms. The van der Waals surface area contributed by atoms with Gasteiger partial charge in [-0.15, -0.1) is 5.06 Å². The van der Waals surface area contributed by atoms with Gasteiger partial charge in [-0.3, -0.25) is 4.84 Å². The van der Waals surface area contributed by atoms with Crippen molar-refractivity contribution in [2.24, 2.45) is 17.3 Å². The van der Waals surface area contributed by atoms with Gasteiger partial charge in [0.2, 0.25) is 0 Å². The summed E-state index contributed by atoms with van der Waals surface area (Å²) in [5.41, 5.74) is -0.110. The van der Waals surface area contributed by atoms with Crippen LogP contribution in [0.15, 0.2) is 0 Å². The van der Waals surface area contributed by atoms with Crippen molar-refractivity contribution in [3.05, 3.63) is 0 Å². The Morgan fingerprint density at radius 1 is 1.05 bits per heavy atom. The molecule has 2 saturated carbocycles. The largest absolute Gasteiger partial charge is 0.357 e. The van der Waals surface area contributed by atoms with Crippen LogP contribution in [0, 0.1) is 17.3 Å². The van der Waals surface area contributed by atoms with Gasteiger partial charge in [0.25, 0.3) is 0 Å². The lowest BCUT2D eigenvalue weighted by atomic mass is 9.63. The van der Waals surface area contributed by atoms with Crippen LogP contribution in [-0.4, -0.2) is 35.8 Å². The summed E-state index contributed by atoms with van der Waals surface area (Å²) in [6, 6.07) is 0. The molecule has 0 aromatic rings. The molecule has 0 aromatic heterocycles. The highest BCUT2D eigenvalue weighted by Gasteiger charge is 2.71. The van der Waals surface area contributed by atoms with Gasteiger partial charge in [-0.1, -0.05) is 13.8 Å². The second-order valence-electron chi connectivity index (χ2n) is 8.43. The molecule has 4 aliphatic rings. The quantitative estimate of drug-likeness (QED) is 0.782. The average molecular weight is 295 g/mol. The number of hydroxylamine groups is 2. The molecule has 120 valence electrons. The van der Waals surface area contributed by atoms with E-state index >= 15 is 0 Å². The highest BCUT2D eigenvalue weighted by molar-refractivity contribution is 5.19. The topological polar surface area (TPSA) is 30.9 Å². The van der Waals surface area contributed by atoms with Crippen LogP contribution in [-0.2, 0) is 14.3 Å². The molecule has 2 saturated heterocycles. The predicted octanol–water partition coefficient (Wildman–Crippen LogP) is 3.32. The molecule has 2 heterocycles. The lowest BCUT2D eigenvalue weighted by Crippen LogP contribution is -2.63. The monoisotopic (exact) mass is 295 g/mol. The van der Waals surface area contributed by atoms with E-state index in [1.54, 1.807) is 0 Å². The van der Waals surface area contributed by atoms with Gasteiger partial charge in [-0.25, -0.2) is 0 Å². The summed E-state index contributed by atoms with van der Waals surface area (Å²) >= 11 is 0. The lowest BCUT2D eigenvalue weighted by molar-refractivity contribution is -0.356. The van der Waals surface area contributed by atoms with E-state index in [0.717, 1.165) is 32.0 Å². The molecule has 2 bridgehead atoms. The molecule has 0 N–H and O–H groups in total. The molecule has 4 nitrogen and oxygen atoms in total. The molecule has 4 fully saturated rings. The van der Waals surface area contributed by atoms with Crippen molar-refractivity contribution in [1.82, 2.24) is 5.06 Å². The van der Waals surface area contributed by atoms with Crippen molar-refractivity contribution < 1.29 is 14.3 Å². The summed E-state index contributed by atoms with van der Waals surface area (Å²) in [6.07, 6.45) is 6.03. The summed E-state index contributed by atoms with van der Waals surface area (Å²) in [5.74, 6) is 1.50. The van der Waals surface area contributed by atoms with Crippen LogP contribution in [0.1, 0.15) is 59.8 Å². The molecular formula is C17H29NO3. The number of ether oxygens (including phenoxy) is 2. The second kappa shape index (κ2) is 4.44. The van der Waals surface area contributed by atoms with Crippen LogP contribution in [0.2, 0.25) is 0 Å². The number of nitrogens with zero attached hydrogens (tertiary/aromatic N) is 1. The Morgan fingerprint density at radius 3 is 2.43 bits per heavy atom. The Balaban J connectivity index is 1.69. The van der Waals surface area contributed by atoms with Gasteiger partial charge in [0.05, 0.1) is 18.8 Å². The molecule has 2 aliphatic heterocycles. The van der Waals surface area contributed by atoms with E-state index in [1.165, 1.54) is 19.3 Å². The van der Waals surface area contributed by atoms with Crippen molar-refractivity contribution >= 4 is 0 Å². The van der Waals surface area contributed by atoms with Gasteiger partial charge in [0.15, 0.2) is 6.29 Å². The van der Waals surface area contributed by atoms with E-state index in [0.29, 0.717) is 5.92 Å². The third kappa shape index (κ3) is 1.76. The number of fused-ring (bicyclic) bond motifs is 3. The molecule has 4 atom stereocenters. The first-order chi connectivity index (χ1) is 9.88. The van der Waals surface area contributed by atoms with Crippen LogP contribution in [0.4, 0.5) is 0 Å². The molecule has 2 aliphatic carbocycles.